The maximum absolute atomic E-state index is 13.6. The Balaban J connectivity index is 1.77. The minimum Gasteiger partial charge on any atom is -0.497 e. The average Bonchev–Trinajstić information content (AvgIpc) is 2.72. The summed E-state index contributed by atoms with van der Waals surface area (Å²) in [5, 5.41) is 14.3. The van der Waals surface area contributed by atoms with E-state index in [0.717, 1.165) is 22.9 Å². The molecule has 3 aromatic rings. The number of aliphatic hydroxyl groups excluding tert-OH is 1. The second-order valence-corrected chi connectivity index (χ2v) is 6.19. The van der Waals surface area contributed by atoms with Crippen LogP contribution < -0.4 is 10.1 Å². The number of carbonyl (C=O) groups is 1. The van der Waals surface area contributed by atoms with E-state index < -0.39 is 23.6 Å². The van der Waals surface area contributed by atoms with E-state index in [-0.39, 0.29) is 12.2 Å². The first-order chi connectivity index (χ1) is 13.5. The van der Waals surface area contributed by atoms with Crippen LogP contribution in [-0.4, -0.2) is 24.7 Å². The number of benzene rings is 3. The smallest absolute Gasteiger partial charge is 0.244 e. The number of rotatable bonds is 6. The molecule has 144 valence electrons. The third-order valence-corrected chi connectivity index (χ3v) is 4.37. The zero-order chi connectivity index (χ0) is 20.1. The van der Waals surface area contributed by atoms with Gasteiger partial charge in [0.05, 0.1) is 19.8 Å². The van der Waals surface area contributed by atoms with Crippen LogP contribution in [0.4, 0.5) is 8.78 Å². The lowest BCUT2D eigenvalue weighted by Crippen LogP contribution is -2.29. The van der Waals surface area contributed by atoms with Crippen molar-refractivity contribution in [3.8, 4) is 5.75 Å². The number of hydrogen-bond donors (Lipinski definition) is 2. The second kappa shape index (κ2) is 8.63. The Labute approximate surface area is 161 Å². The summed E-state index contributed by atoms with van der Waals surface area (Å²) in [6.07, 6.45) is 2.29. The predicted molar refractivity (Wildman–Crippen MR) is 104 cm³/mol. The van der Waals surface area contributed by atoms with Crippen molar-refractivity contribution in [2.45, 2.75) is 6.04 Å². The van der Waals surface area contributed by atoms with Gasteiger partial charge in [-0.05, 0) is 46.7 Å². The normalized spacial score (nSPS) is 12.3. The minimum atomic E-state index is -1.02. The summed E-state index contributed by atoms with van der Waals surface area (Å²) in [4.78, 5) is 12.2. The first-order valence-electron chi connectivity index (χ1n) is 8.63. The zero-order valence-corrected chi connectivity index (χ0v) is 15.2. The molecule has 0 bridgehead atoms. The molecule has 0 heterocycles. The van der Waals surface area contributed by atoms with Crippen LogP contribution in [0, 0.1) is 11.6 Å². The van der Waals surface area contributed by atoms with E-state index in [2.05, 4.69) is 5.32 Å². The molecule has 0 aliphatic carbocycles. The molecule has 4 nitrogen and oxygen atoms in total. The van der Waals surface area contributed by atoms with Crippen molar-refractivity contribution in [1.82, 2.24) is 5.32 Å². The molecule has 28 heavy (non-hydrogen) atoms. The topological polar surface area (TPSA) is 58.6 Å². The molecule has 3 rings (SSSR count). The molecule has 3 aromatic carbocycles. The standard InChI is InChI=1S/C22H19F2NO3/c1-28-18-9-7-14-5-6-16(11-17(14)12-18)20(13-26)25-21(27)10-8-15-3-2-4-19(23)22(15)24/h2-12,20,26H,13H2,1H3,(H,25,27)/b10-8+/t20-/m0/s1. The van der Waals surface area contributed by atoms with Gasteiger partial charge in [-0.3, -0.25) is 4.79 Å². The van der Waals surface area contributed by atoms with Gasteiger partial charge in [-0.2, -0.15) is 0 Å². The first-order valence-corrected chi connectivity index (χ1v) is 8.63. The van der Waals surface area contributed by atoms with Crippen LogP contribution in [0.2, 0.25) is 0 Å². The summed E-state index contributed by atoms with van der Waals surface area (Å²) in [5.41, 5.74) is 0.676. The molecule has 0 radical (unpaired) electrons. The molecule has 0 aromatic heterocycles. The number of hydrogen-bond acceptors (Lipinski definition) is 3. The van der Waals surface area contributed by atoms with E-state index in [0.29, 0.717) is 11.3 Å². The number of methoxy groups -OCH3 is 1. The number of fused-ring (bicyclic) bond motifs is 1. The van der Waals surface area contributed by atoms with Crippen molar-refractivity contribution < 1.29 is 23.4 Å². The van der Waals surface area contributed by atoms with Crippen molar-refractivity contribution in [3.63, 3.8) is 0 Å². The van der Waals surface area contributed by atoms with Crippen molar-refractivity contribution in [1.29, 1.82) is 0 Å². The van der Waals surface area contributed by atoms with Crippen LogP contribution >= 0.6 is 0 Å². The number of halogens is 2. The van der Waals surface area contributed by atoms with Gasteiger partial charge in [-0.15, -0.1) is 0 Å². The van der Waals surface area contributed by atoms with E-state index in [9.17, 15) is 18.7 Å². The highest BCUT2D eigenvalue weighted by Gasteiger charge is 2.13. The highest BCUT2D eigenvalue weighted by Crippen LogP contribution is 2.24. The Kier molecular flexibility index (Phi) is 6.01. The summed E-state index contributed by atoms with van der Waals surface area (Å²) < 4.78 is 32.1. The first kappa shape index (κ1) is 19.5. The largest absolute Gasteiger partial charge is 0.497 e. The van der Waals surface area contributed by atoms with Crippen LogP contribution in [0.3, 0.4) is 0 Å². The quantitative estimate of drug-likeness (QED) is 0.633. The molecule has 6 heteroatoms. The summed E-state index contributed by atoms with van der Waals surface area (Å²) in [7, 11) is 1.58. The van der Waals surface area contributed by atoms with Crippen LogP contribution in [0.1, 0.15) is 17.2 Å². The van der Waals surface area contributed by atoms with Gasteiger partial charge in [0.2, 0.25) is 5.91 Å². The molecule has 0 saturated carbocycles. The van der Waals surface area contributed by atoms with Gasteiger partial charge in [0.15, 0.2) is 11.6 Å². The lowest BCUT2D eigenvalue weighted by Gasteiger charge is -2.16. The van der Waals surface area contributed by atoms with Gasteiger partial charge < -0.3 is 15.2 Å². The van der Waals surface area contributed by atoms with Crippen LogP contribution in [0.15, 0.2) is 60.7 Å². The molecular weight excluding hydrogens is 364 g/mol. The molecule has 1 amide bonds. The number of carbonyl (C=O) groups excluding carboxylic acids is 1. The zero-order valence-electron chi connectivity index (χ0n) is 15.2. The maximum Gasteiger partial charge on any atom is 0.244 e. The monoisotopic (exact) mass is 383 g/mol. The number of nitrogens with one attached hydrogen (secondary N) is 1. The van der Waals surface area contributed by atoms with E-state index >= 15 is 0 Å². The number of aliphatic hydroxyl groups is 1. The van der Waals surface area contributed by atoms with Crippen molar-refractivity contribution >= 4 is 22.8 Å². The Morgan fingerprint density at radius 3 is 2.68 bits per heavy atom. The Morgan fingerprint density at radius 1 is 1.14 bits per heavy atom. The van der Waals surface area contributed by atoms with Gasteiger partial charge in [-0.1, -0.05) is 30.3 Å². The van der Waals surface area contributed by atoms with Gasteiger partial charge in [-0.25, -0.2) is 8.78 Å². The van der Waals surface area contributed by atoms with E-state index in [1.807, 2.05) is 36.4 Å². The third kappa shape index (κ3) is 4.35. The van der Waals surface area contributed by atoms with E-state index in [4.69, 9.17) is 4.74 Å². The molecule has 0 spiro atoms. The fourth-order valence-corrected chi connectivity index (χ4v) is 2.86. The van der Waals surface area contributed by atoms with Crippen LogP contribution in [-0.2, 0) is 4.79 Å². The average molecular weight is 383 g/mol. The highest BCUT2D eigenvalue weighted by molar-refractivity contribution is 5.92. The van der Waals surface area contributed by atoms with Crippen LogP contribution in [0.5, 0.6) is 5.75 Å². The lowest BCUT2D eigenvalue weighted by atomic mass is 10.0. The van der Waals surface area contributed by atoms with Gasteiger partial charge in [0.25, 0.3) is 0 Å². The predicted octanol–water partition coefficient (Wildman–Crippen LogP) is 3.99. The summed E-state index contributed by atoms with van der Waals surface area (Å²) >= 11 is 0. The Bertz CT molecular complexity index is 1030. The van der Waals surface area contributed by atoms with Crippen molar-refractivity contribution in [2.24, 2.45) is 0 Å². The molecular formula is C22H19F2NO3. The lowest BCUT2D eigenvalue weighted by molar-refractivity contribution is -0.117. The SMILES string of the molecule is COc1ccc2ccc([C@H](CO)NC(=O)/C=C/c3cccc(F)c3F)cc2c1. The fourth-order valence-electron chi connectivity index (χ4n) is 2.86. The van der Waals surface area contributed by atoms with Crippen LogP contribution in [0.25, 0.3) is 16.8 Å². The maximum atomic E-state index is 13.6. The number of ether oxygens (including phenoxy) is 1. The van der Waals surface area contributed by atoms with Gasteiger partial charge >= 0.3 is 0 Å². The van der Waals surface area contributed by atoms with E-state index in [1.165, 1.54) is 18.2 Å². The minimum absolute atomic E-state index is 0.0338. The van der Waals surface area contributed by atoms with E-state index in [1.54, 1.807) is 7.11 Å². The summed E-state index contributed by atoms with van der Waals surface area (Å²) in [6, 6.07) is 14.3. The molecule has 0 unspecified atom stereocenters. The Morgan fingerprint density at radius 2 is 1.93 bits per heavy atom. The molecule has 0 saturated heterocycles. The molecule has 1 atom stereocenters. The van der Waals surface area contributed by atoms with Gasteiger partial charge in [0, 0.05) is 11.6 Å². The summed E-state index contributed by atoms with van der Waals surface area (Å²) in [6.45, 7) is -0.316. The Hall–Kier alpha value is -3.25. The molecule has 2 N–H and O–H groups in total. The van der Waals surface area contributed by atoms with Gasteiger partial charge in [0.1, 0.15) is 5.75 Å². The fraction of sp³-hybridized carbons (Fsp3) is 0.136. The highest BCUT2D eigenvalue weighted by atomic mass is 19.2. The van der Waals surface area contributed by atoms with Crippen molar-refractivity contribution in [2.75, 3.05) is 13.7 Å². The molecule has 0 fully saturated rings. The molecule has 0 aliphatic rings. The van der Waals surface area contributed by atoms with Crippen molar-refractivity contribution in [3.05, 3.63) is 83.4 Å². The summed E-state index contributed by atoms with van der Waals surface area (Å²) in [5.74, 6) is -1.83. The second-order valence-electron chi connectivity index (χ2n) is 6.19. The molecule has 0 aliphatic heterocycles. The number of amides is 1. The third-order valence-electron chi connectivity index (χ3n) is 4.37.